The van der Waals surface area contributed by atoms with Gasteiger partial charge in [0.15, 0.2) is 0 Å². The van der Waals surface area contributed by atoms with Gasteiger partial charge in [-0.25, -0.2) is 9.59 Å². The molecule has 1 aromatic rings. The van der Waals surface area contributed by atoms with Crippen molar-refractivity contribution in [3.63, 3.8) is 0 Å². The summed E-state index contributed by atoms with van der Waals surface area (Å²) in [6.07, 6.45) is 0. The van der Waals surface area contributed by atoms with E-state index in [2.05, 4.69) is 15.9 Å². The van der Waals surface area contributed by atoms with Gasteiger partial charge in [0.1, 0.15) is 11.2 Å². The Hall–Kier alpha value is -1.36. The molecular weight excluding hydrogens is 336 g/mol. The number of hydrogen-bond donors (Lipinski definition) is 0. The van der Waals surface area contributed by atoms with Crippen LogP contribution >= 0.6 is 15.9 Å². The Morgan fingerprint density at radius 2 is 1.38 bits per heavy atom. The molecule has 0 aliphatic rings. The number of ether oxygens (including phenoxy) is 2. The first-order valence-electron chi connectivity index (χ1n) is 6.66. The van der Waals surface area contributed by atoms with E-state index in [1.807, 2.05) is 0 Å². The second kappa shape index (κ2) is 6.18. The van der Waals surface area contributed by atoms with Crippen molar-refractivity contribution in [1.82, 2.24) is 0 Å². The number of carbonyl (C=O) groups excluding carboxylic acids is 2. The molecule has 116 valence electrons. The highest BCUT2D eigenvalue weighted by atomic mass is 79.9. The summed E-state index contributed by atoms with van der Waals surface area (Å²) in [6.45, 7) is 10.6. The minimum absolute atomic E-state index is 0.182. The fourth-order valence-corrected chi connectivity index (χ4v) is 2.09. The average molecular weight is 357 g/mol. The highest BCUT2D eigenvalue weighted by Gasteiger charge is 2.27. The van der Waals surface area contributed by atoms with Gasteiger partial charge in [-0.15, -0.1) is 0 Å². The normalized spacial score (nSPS) is 12.0. The molecule has 0 N–H and O–H groups in total. The summed E-state index contributed by atoms with van der Waals surface area (Å²) >= 11 is 3.29. The summed E-state index contributed by atoms with van der Waals surface area (Å²) in [5, 5.41) is 0. The molecule has 0 saturated carbocycles. The van der Waals surface area contributed by atoms with Crippen LogP contribution in [0.2, 0.25) is 0 Å². The molecule has 4 nitrogen and oxygen atoms in total. The second-order valence-electron chi connectivity index (χ2n) is 6.67. The SMILES string of the molecule is CC(C)(C)OC(=O)c1cccc(Br)c1C(=O)OC(C)(C)C. The molecule has 0 heterocycles. The molecule has 0 unspecified atom stereocenters. The van der Waals surface area contributed by atoms with Crippen molar-refractivity contribution < 1.29 is 19.1 Å². The number of halogens is 1. The van der Waals surface area contributed by atoms with E-state index in [0.717, 1.165) is 0 Å². The molecule has 0 atom stereocenters. The minimum Gasteiger partial charge on any atom is -0.456 e. The number of benzene rings is 1. The van der Waals surface area contributed by atoms with E-state index in [4.69, 9.17) is 9.47 Å². The molecule has 0 fully saturated rings. The molecular formula is C16H21BrO4. The van der Waals surface area contributed by atoms with Gasteiger partial charge in [0, 0.05) is 4.47 Å². The van der Waals surface area contributed by atoms with Gasteiger partial charge in [-0.2, -0.15) is 0 Å². The molecule has 1 rings (SSSR count). The van der Waals surface area contributed by atoms with Crippen LogP contribution in [0.5, 0.6) is 0 Å². The Labute approximate surface area is 133 Å². The van der Waals surface area contributed by atoms with Gasteiger partial charge in [0.25, 0.3) is 0 Å². The van der Waals surface area contributed by atoms with E-state index in [1.165, 1.54) is 0 Å². The summed E-state index contributed by atoms with van der Waals surface area (Å²) in [6, 6.07) is 4.92. The first-order chi connectivity index (χ1) is 9.41. The van der Waals surface area contributed by atoms with Gasteiger partial charge >= 0.3 is 11.9 Å². The Bertz CT molecular complexity index is 550. The third-order valence-corrected chi connectivity index (χ3v) is 2.90. The quantitative estimate of drug-likeness (QED) is 0.738. The van der Waals surface area contributed by atoms with Crippen LogP contribution in [0.15, 0.2) is 22.7 Å². The topological polar surface area (TPSA) is 52.6 Å². The van der Waals surface area contributed by atoms with Crippen molar-refractivity contribution in [3.05, 3.63) is 33.8 Å². The third kappa shape index (κ3) is 5.50. The Balaban J connectivity index is 3.21. The van der Waals surface area contributed by atoms with Crippen molar-refractivity contribution >= 4 is 27.9 Å². The lowest BCUT2D eigenvalue weighted by Gasteiger charge is -2.23. The average Bonchev–Trinajstić information content (AvgIpc) is 2.23. The van der Waals surface area contributed by atoms with Gasteiger partial charge < -0.3 is 9.47 Å². The standard InChI is InChI=1S/C16H21BrO4/c1-15(2,3)20-13(18)10-8-7-9-11(17)12(10)14(19)21-16(4,5)6/h7-9H,1-6H3. The van der Waals surface area contributed by atoms with Crippen molar-refractivity contribution in [2.75, 3.05) is 0 Å². The van der Waals surface area contributed by atoms with Crippen LogP contribution in [-0.4, -0.2) is 23.1 Å². The zero-order valence-corrected chi connectivity index (χ0v) is 14.8. The fourth-order valence-electron chi connectivity index (χ4n) is 1.56. The van der Waals surface area contributed by atoms with Crippen LogP contribution in [0, 0.1) is 0 Å². The maximum absolute atomic E-state index is 12.3. The Morgan fingerprint density at radius 3 is 1.86 bits per heavy atom. The molecule has 21 heavy (non-hydrogen) atoms. The van der Waals surface area contributed by atoms with E-state index in [0.29, 0.717) is 4.47 Å². The summed E-state index contributed by atoms with van der Waals surface area (Å²) in [7, 11) is 0. The fraction of sp³-hybridized carbons (Fsp3) is 0.500. The molecule has 0 saturated heterocycles. The molecule has 0 aliphatic carbocycles. The molecule has 0 amide bonds. The van der Waals surface area contributed by atoms with Crippen molar-refractivity contribution in [1.29, 1.82) is 0 Å². The Kier molecular flexibility index (Phi) is 5.20. The maximum Gasteiger partial charge on any atom is 0.340 e. The monoisotopic (exact) mass is 356 g/mol. The summed E-state index contributed by atoms with van der Waals surface area (Å²) < 4.78 is 11.2. The Morgan fingerprint density at radius 1 is 0.905 bits per heavy atom. The third-order valence-electron chi connectivity index (χ3n) is 2.24. The van der Waals surface area contributed by atoms with E-state index >= 15 is 0 Å². The van der Waals surface area contributed by atoms with Crippen molar-refractivity contribution in [2.24, 2.45) is 0 Å². The van der Waals surface area contributed by atoms with Crippen LogP contribution in [0.25, 0.3) is 0 Å². The second-order valence-corrected chi connectivity index (χ2v) is 7.52. The lowest BCUT2D eigenvalue weighted by atomic mass is 10.1. The summed E-state index contributed by atoms with van der Waals surface area (Å²) in [5.41, 5.74) is -0.905. The van der Waals surface area contributed by atoms with Crippen molar-refractivity contribution in [3.8, 4) is 0 Å². The molecule has 0 bridgehead atoms. The highest BCUT2D eigenvalue weighted by molar-refractivity contribution is 9.10. The predicted molar refractivity (Wildman–Crippen MR) is 84.5 cm³/mol. The zero-order chi connectivity index (χ0) is 16.4. The van der Waals surface area contributed by atoms with E-state index in [-0.39, 0.29) is 11.1 Å². The van der Waals surface area contributed by atoms with Gasteiger partial charge in [-0.3, -0.25) is 0 Å². The van der Waals surface area contributed by atoms with Gasteiger partial charge in [0.2, 0.25) is 0 Å². The van der Waals surface area contributed by atoms with Gasteiger partial charge in [-0.05, 0) is 69.6 Å². The van der Waals surface area contributed by atoms with Crippen LogP contribution in [0.3, 0.4) is 0 Å². The smallest absolute Gasteiger partial charge is 0.340 e. The predicted octanol–water partition coefficient (Wildman–Crippen LogP) is 4.36. The molecule has 0 aromatic heterocycles. The first-order valence-corrected chi connectivity index (χ1v) is 7.45. The van der Waals surface area contributed by atoms with Crippen LogP contribution in [0.1, 0.15) is 62.3 Å². The number of esters is 2. The lowest BCUT2D eigenvalue weighted by molar-refractivity contribution is 0.00178. The van der Waals surface area contributed by atoms with Crippen LogP contribution in [-0.2, 0) is 9.47 Å². The number of hydrogen-bond acceptors (Lipinski definition) is 4. The first kappa shape index (κ1) is 17.7. The minimum atomic E-state index is -0.641. The van der Waals surface area contributed by atoms with Gasteiger partial charge in [-0.1, -0.05) is 6.07 Å². The molecule has 0 spiro atoms. The molecule has 0 radical (unpaired) electrons. The number of carbonyl (C=O) groups is 2. The zero-order valence-electron chi connectivity index (χ0n) is 13.2. The summed E-state index contributed by atoms with van der Waals surface area (Å²) in [4.78, 5) is 24.6. The lowest BCUT2D eigenvalue weighted by Crippen LogP contribution is -2.28. The molecule has 1 aromatic carbocycles. The van der Waals surface area contributed by atoms with E-state index < -0.39 is 23.1 Å². The molecule has 0 aliphatic heterocycles. The van der Waals surface area contributed by atoms with E-state index in [9.17, 15) is 9.59 Å². The van der Waals surface area contributed by atoms with Crippen LogP contribution < -0.4 is 0 Å². The number of rotatable bonds is 2. The van der Waals surface area contributed by atoms with Gasteiger partial charge in [0.05, 0.1) is 11.1 Å². The van der Waals surface area contributed by atoms with Crippen molar-refractivity contribution in [2.45, 2.75) is 52.7 Å². The molecule has 5 heteroatoms. The van der Waals surface area contributed by atoms with Crippen LogP contribution in [0.4, 0.5) is 0 Å². The van der Waals surface area contributed by atoms with E-state index in [1.54, 1.807) is 59.7 Å². The maximum atomic E-state index is 12.3. The largest absolute Gasteiger partial charge is 0.456 e. The summed E-state index contributed by atoms with van der Waals surface area (Å²) in [5.74, 6) is -1.11. The highest BCUT2D eigenvalue weighted by Crippen LogP contribution is 2.25.